The number of carbonyl (C=O) groups is 1. The summed E-state index contributed by atoms with van der Waals surface area (Å²) in [5, 5.41) is 26.7. The van der Waals surface area contributed by atoms with E-state index in [9.17, 15) is 20.0 Å². The minimum atomic E-state index is -1.26. The van der Waals surface area contributed by atoms with E-state index in [1.807, 2.05) is 16.8 Å². The Morgan fingerprint density at radius 2 is 1.87 bits per heavy atom. The largest absolute Gasteiger partial charge is 0.530 e. The highest BCUT2D eigenvalue weighted by atomic mass is 16.6. The smallest absolute Gasteiger partial charge is 0.269 e. The van der Waals surface area contributed by atoms with Crippen molar-refractivity contribution in [1.29, 1.82) is 0 Å². The molecule has 10 nitrogen and oxygen atoms in total. The monoisotopic (exact) mass is 517 g/mol. The van der Waals surface area contributed by atoms with E-state index in [1.165, 1.54) is 22.6 Å². The van der Waals surface area contributed by atoms with E-state index >= 15 is 0 Å². The van der Waals surface area contributed by atoms with Crippen LogP contribution in [0.3, 0.4) is 0 Å². The molecular weight excluding hydrogens is 484 g/mol. The lowest BCUT2D eigenvalue weighted by Gasteiger charge is -2.32. The molecule has 1 aliphatic rings. The molecule has 1 amide bonds. The van der Waals surface area contributed by atoms with Gasteiger partial charge in [-0.2, -0.15) is 5.10 Å². The van der Waals surface area contributed by atoms with E-state index in [0.29, 0.717) is 17.4 Å². The maximum Gasteiger partial charge on any atom is 0.269 e. The Kier molecular flexibility index (Phi) is 9.58. The van der Waals surface area contributed by atoms with Gasteiger partial charge >= 0.3 is 0 Å². The molecule has 1 aromatic heterocycles. The van der Waals surface area contributed by atoms with E-state index in [1.54, 1.807) is 24.8 Å². The Labute approximate surface area is 222 Å². The first-order valence-electron chi connectivity index (χ1n) is 12.9. The van der Waals surface area contributed by atoms with Gasteiger partial charge in [-0.25, -0.2) is 4.98 Å². The van der Waals surface area contributed by atoms with Crippen molar-refractivity contribution in [3.8, 4) is 0 Å². The van der Waals surface area contributed by atoms with E-state index < -0.39 is 11.0 Å². The number of carboxylic acid groups (broad SMARTS) is 1. The molecule has 1 atom stereocenters. The zero-order chi connectivity index (χ0) is 26.7. The number of nitro benzene ring substituents is 1. The molecule has 0 spiro atoms. The summed E-state index contributed by atoms with van der Waals surface area (Å²) >= 11 is 0. The number of nitrogens with zero attached hydrogens (tertiary/aromatic N) is 6. The number of carbonyl (C=O) groups excluding carboxylic acids is 1. The fraction of sp³-hybridized carbons (Fsp3) is 0.393. The second-order valence-electron chi connectivity index (χ2n) is 9.69. The Balaban J connectivity index is 1.22. The maximum absolute atomic E-state index is 11.6. The fourth-order valence-electron chi connectivity index (χ4n) is 4.88. The van der Waals surface area contributed by atoms with Crippen LogP contribution < -0.4 is 5.11 Å². The quantitative estimate of drug-likeness (QED) is 0.205. The molecule has 0 radical (unpaired) electrons. The van der Waals surface area contributed by atoms with Crippen LogP contribution >= 0.6 is 0 Å². The van der Waals surface area contributed by atoms with Crippen LogP contribution in [0.1, 0.15) is 36.3 Å². The molecular formula is C28H33N6O4-. The summed E-state index contributed by atoms with van der Waals surface area (Å²) in [5.41, 5.74) is 1.97. The molecule has 1 aliphatic heterocycles. The fourth-order valence-corrected chi connectivity index (χ4v) is 4.88. The summed E-state index contributed by atoms with van der Waals surface area (Å²) in [6.45, 7) is 4.18. The first kappa shape index (κ1) is 27.0. The van der Waals surface area contributed by atoms with E-state index in [2.05, 4.69) is 45.3 Å². The Morgan fingerprint density at radius 1 is 1.13 bits per heavy atom. The van der Waals surface area contributed by atoms with Gasteiger partial charge < -0.3 is 19.7 Å². The van der Waals surface area contributed by atoms with Gasteiger partial charge in [-0.05, 0) is 55.9 Å². The molecule has 0 saturated carbocycles. The third-order valence-corrected chi connectivity index (χ3v) is 7.08. The molecule has 10 heteroatoms. The summed E-state index contributed by atoms with van der Waals surface area (Å²) < 4.78 is 1.90. The third kappa shape index (κ3) is 7.97. The van der Waals surface area contributed by atoms with Gasteiger partial charge in [0.15, 0.2) is 0 Å². The van der Waals surface area contributed by atoms with Crippen molar-refractivity contribution >= 4 is 11.8 Å². The lowest BCUT2D eigenvalue weighted by atomic mass is 9.93. The van der Waals surface area contributed by atoms with Crippen LogP contribution in [0.25, 0.3) is 0 Å². The second kappa shape index (κ2) is 13.5. The minimum Gasteiger partial charge on any atom is -0.530 e. The van der Waals surface area contributed by atoms with Gasteiger partial charge in [0.25, 0.3) is 5.69 Å². The van der Waals surface area contributed by atoms with Crippen LogP contribution in [-0.4, -0.2) is 61.8 Å². The van der Waals surface area contributed by atoms with Crippen LogP contribution in [0.4, 0.5) is 10.5 Å². The van der Waals surface area contributed by atoms with Crippen molar-refractivity contribution in [2.24, 2.45) is 5.92 Å². The van der Waals surface area contributed by atoms with Gasteiger partial charge in [0.1, 0.15) is 18.7 Å². The molecule has 1 unspecified atom stereocenters. The number of hydrogen-bond donors (Lipinski definition) is 0. The van der Waals surface area contributed by atoms with E-state index in [-0.39, 0.29) is 18.8 Å². The van der Waals surface area contributed by atoms with Crippen molar-refractivity contribution in [3.05, 3.63) is 101 Å². The molecule has 0 N–H and O–H groups in total. The van der Waals surface area contributed by atoms with Crippen LogP contribution in [0.5, 0.6) is 0 Å². The number of likely N-dealkylation sites (tertiary alicyclic amines) is 1. The van der Waals surface area contributed by atoms with Gasteiger partial charge in [0.2, 0.25) is 0 Å². The van der Waals surface area contributed by atoms with Crippen molar-refractivity contribution in [1.82, 2.24) is 24.6 Å². The lowest BCUT2D eigenvalue weighted by Crippen LogP contribution is -2.40. The highest BCUT2D eigenvalue weighted by Crippen LogP contribution is 2.24. The number of benzene rings is 2. The van der Waals surface area contributed by atoms with E-state index in [0.717, 1.165) is 45.4 Å². The van der Waals surface area contributed by atoms with Gasteiger partial charge in [-0.15, -0.1) is 0 Å². The first-order chi connectivity index (χ1) is 18.5. The number of amides is 1. The summed E-state index contributed by atoms with van der Waals surface area (Å²) in [6, 6.07) is 16.4. The molecule has 0 aliphatic carbocycles. The molecule has 1 fully saturated rings. The predicted molar refractivity (Wildman–Crippen MR) is 141 cm³/mol. The van der Waals surface area contributed by atoms with Crippen LogP contribution in [0.2, 0.25) is 0 Å². The summed E-state index contributed by atoms with van der Waals surface area (Å²) in [4.78, 5) is 29.7. The number of piperidine rings is 1. The number of aromatic nitrogens is 3. The Bertz CT molecular complexity index is 1180. The topological polar surface area (TPSA) is 120 Å². The van der Waals surface area contributed by atoms with Crippen LogP contribution in [-0.2, 0) is 13.1 Å². The zero-order valence-electron chi connectivity index (χ0n) is 21.3. The highest BCUT2D eigenvalue weighted by Gasteiger charge is 2.20. The molecule has 38 heavy (non-hydrogen) atoms. The van der Waals surface area contributed by atoms with Crippen molar-refractivity contribution in [2.75, 3.05) is 26.2 Å². The van der Waals surface area contributed by atoms with Crippen LogP contribution in [0, 0.1) is 16.0 Å². The third-order valence-electron chi connectivity index (χ3n) is 7.08. The first-order valence-corrected chi connectivity index (χ1v) is 12.9. The van der Waals surface area contributed by atoms with Crippen molar-refractivity contribution < 1.29 is 14.8 Å². The number of non-ortho nitro benzene ring substituents is 1. The molecule has 4 rings (SSSR count). The van der Waals surface area contributed by atoms with Crippen molar-refractivity contribution in [3.63, 3.8) is 0 Å². The normalized spacial score (nSPS) is 15.5. The summed E-state index contributed by atoms with van der Waals surface area (Å²) in [7, 11) is 0. The number of hydrogen-bond acceptors (Lipinski definition) is 7. The van der Waals surface area contributed by atoms with E-state index in [4.69, 9.17) is 0 Å². The number of allylic oxidation sites excluding steroid dienone is 1. The molecule has 200 valence electrons. The van der Waals surface area contributed by atoms with Gasteiger partial charge in [0, 0.05) is 37.7 Å². The highest BCUT2D eigenvalue weighted by molar-refractivity contribution is 5.62. The van der Waals surface area contributed by atoms with Crippen molar-refractivity contribution in [2.45, 2.75) is 38.3 Å². The van der Waals surface area contributed by atoms with Crippen LogP contribution in [0.15, 0.2) is 79.4 Å². The standard InChI is InChI=1S/C28H34N6O4/c35-28(36)32(19-24-8-10-27(11-9-24)34(37)38)15-4-5-23-12-16-31(17-13-23)18-14-26(20-33-22-29-21-30-33)25-6-2-1-3-7-25/h1-11,21-23,26H,12-20H2,(H,35,36)/p-1. The SMILES string of the molecule is O=C([O-])N(CC=CC1CCN(CCC(Cn2cncn2)c2ccccc2)CC1)Cc1ccc([N+](=O)[O-])cc1. The average Bonchev–Trinajstić information content (AvgIpc) is 3.45. The molecule has 2 heterocycles. The summed E-state index contributed by atoms with van der Waals surface area (Å²) in [5.74, 6) is 0.774. The minimum absolute atomic E-state index is 0.0224. The molecule has 3 aromatic rings. The number of nitro groups is 1. The average molecular weight is 518 g/mol. The van der Waals surface area contributed by atoms with Gasteiger partial charge in [-0.3, -0.25) is 14.8 Å². The molecule has 1 saturated heterocycles. The van der Waals surface area contributed by atoms with Gasteiger partial charge in [0.05, 0.1) is 4.92 Å². The molecule has 0 bridgehead atoms. The Morgan fingerprint density at radius 3 is 2.50 bits per heavy atom. The number of rotatable bonds is 12. The molecule has 2 aromatic carbocycles. The zero-order valence-corrected chi connectivity index (χ0v) is 21.3. The van der Waals surface area contributed by atoms with Gasteiger partial charge in [-0.1, -0.05) is 54.6 Å². The predicted octanol–water partition coefficient (Wildman–Crippen LogP) is 3.47. The maximum atomic E-state index is 11.6. The lowest BCUT2D eigenvalue weighted by molar-refractivity contribution is -0.384. The summed E-state index contributed by atoms with van der Waals surface area (Å²) in [6.07, 6.45) is 9.18. The Hall–Kier alpha value is -4.05. The second-order valence-corrected chi connectivity index (χ2v) is 9.69.